The molecule has 0 amide bonds. The summed E-state index contributed by atoms with van der Waals surface area (Å²) in [5, 5.41) is 0. The van der Waals surface area contributed by atoms with E-state index in [2.05, 4.69) is 13.8 Å². The molecule has 2 unspecified atom stereocenters. The molecular weight excluding hydrogens is 162 g/mol. The van der Waals surface area contributed by atoms with Crippen LogP contribution in [0.3, 0.4) is 0 Å². The Morgan fingerprint density at radius 1 is 1.31 bits per heavy atom. The van der Waals surface area contributed by atoms with Crippen molar-refractivity contribution in [2.24, 2.45) is 11.1 Å². The van der Waals surface area contributed by atoms with E-state index in [1.807, 2.05) is 0 Å². The van der Waals surface area contributed by atoms with Crippen LogP contribution < -0.4 is 5.73 Å². The molecule has 0 aromatic heterocycles. The molecule has 2 nitrogen and oxygen atoms in total. The maximum Gasteiger partial charge on any atom is 0.0702 e. The van der Waals surface area contributed by atoms with Gasteiger partial charge in [0.2, 0.25) is 0 Å². The van der Waals surface area contributed by atoms with E-state index >= 15 is 0 Å². The zero-order valence-electron chi connectivity index (χ0n) is 8.81. The number of rotatable bonds is 0. The molecule has 0 aromatic carbocycles. The van der Waals surface area contributed by atoms with E-state index in [0.29, 0.717) is 11.5 Å². The van der Waals surface area contributed by atoms with Gasteiger partial charge in [-0.15, -0.1) is 0 Å². The fraction of sp³-hybridized carbons (Fsp3) is 1.00. The predicted molar refractivity (Wildman–Crippen MR) is 53.5 cm³/mol. The summed E-state index contributed by atoms with van der Waals surface area (Å²) in [5.41, 5.74) is 6.62. The highest BCUT2D eigenvalue weighted by Crippen LogP contribution is 2.49. The van der Waals surface area contributed by atoms with Crippen molar-refractivity contribution in [2.45, 2.75) is 57.6 Å². The van der Waals surface area contributed by atoms with Crippen LogP contribution in [-0.4, -0.2) is 18.2 Å². The van der Waals surface area contributed by atoms with Crippen molar-refractivity contribution in [2.75, 3.05) is 6.61 Å². The molecule has 1 aliphatic carbocycles. The van der Waals surface area contributed by atoms with Gasteiger partial charge in [0, 0.05) is 12.6 Å². The summed E-state index contributed by atoms with van der Waals surface area (Å²) in [7, 11) is 0. The van der Waals surface area contributed by atoms with E-state index in [4.69, 9.17) is 10.5 Å². The molecule has 2 heteroatoms. The molecule has 2 N–H and O–H groups in total. The Morgan fingerprint density at radius 2 is 2.08 bits per heavy atom. The van der Waals surface area contributed by atoms with Crippen molar-refractivity contribution in [3.63, 3.8) is 0 Å². The Balaban J connectivity index is 2.05. The molecule has 1 saturated carbocycles. The molecular formula is C11H21NO. The summed E-state index contributed by atoms with van der Waals surface area (Å²) in [4.78, 5) is 0. The van der Waals surface area contributed by atoms with E-state index in [0.717, 1.165) is 19.4 Å². The Bertz CT molecular complexity index is 202. The fourth-order valence-electron chi connectivity index (χ4n) is 2.98. The van der Waals surface area contributed by atoms with E-state index in [-0.39, 0.29) is 5.60 Å². The van der Waals surface area contributed by atoms with Crippen LogP contribution in [0, 0.1) is 5.41 Å². The van der Waals surface area contributed by atoms with Gasteiger partial charge in [0.1, 0.15) is 0 Å². The quantitative estimate of drug-likeness (QED) is 0.624. The molecule has 13 heavy (non-hydrogen) atoms. The minimum Gasteiger partial charge on any atom is -0.375 e. The predicted octanol–water partition coefficient (Wildman–Crippen LogP) is 2.07. The molecule has 2 atom stereocenters. The van der Waals surface area contributed by atoms with Crippen molar-refractivity contribution in [1.29, 1.82) is 0 Å². The molecule has 2 fully saturated rings. The average molecular weight is 183 g/mol. The van der Waals surface area contributed by atoms with Crippen molar-refractivity contribution >= 4 is 0 Å². The first-order valence-corrected chi connectivity index (χ1v) is 5.41. The van der Waals surface area contributed by atoms with Crippen LogP contribution in [0.2, 0.25) is 0 Å². The highest BCUT2D eigenvalue weighted by molar-refractivity contribution is 4.98. The Morgan fingerprint density at radius 3 is 2.62 bits per heavy atom. The third kappa shape index (κ3) is 1.89. The second kappa shape index (κ2) is 2.96. The zero-order chi connectivity index (χ0) is 9.53. The zero-order valence-corrected chi connectivity index (χ0v) is 8.81. The normalized spacial score (nSPS) is 44.1. The molecule has 76 valence electrons. The smallest absolute Gasteiger partial charge is 0.0702 e. The van der Waals surface area contributed by atoms with Gasteiger partial charge < -0.3 is 10.5 Å². The van der Waals surface area contributed by atoms with Gasteiger partial charge in [-0.1, -0.05) is 13.8 Å². The van der Waals surface area contributed by atoms with Gasteiger partial charge in [0.05, 0.1) is 5.60 Å². The van der Waals surface area contributed by atoms with Gasteiger partial charge in [-0.05, 0) is 37.5 Å². The van der Waals surface area contributed by atoms with E-state index in [1.54, 1.807) is 0 Å². The van der Waals surface area contributed by atoms with Gasteiger partial charge in [0.15, 0.2) is 0 Å². The minimum atomic E-state index is 0.154. The van der Waals surface area contributed by atoms with Crippen LogP contribution in [0.5, 0.6) is 0 Å². The number of hydrogen-bond donors (Lipinski definition) is 1. The Kier molecular flexibility index (Phi) is 2.16. The summed E-state index contributed by atoms with van der Waals surface area (Å²) in [6, 6.07) is 0.377. The van der Waals surface area contributed by atoms with Gasteiger partial charge in [0.25, 0.3) is 0 Å². The summed E-state index contributed by atoms with van der Waals surface area (Å²) in [5.74, 6) is 0. The molecule has 0 radical (unpaired) electrons. The Labute approximate surface area is 80.8 Å². The standard InChI is InChI=1S/C11H21NO/c1-10(2)4-5-11(8-10)7-9(12)3-6-13-11/h9H,3-8,12H2,1-2H3. The lowest BCUT2D eigenvalue weighted by molar-refractivity contribution is -0.0844. The highest BCUT2D eigenvalue weighted by Gasteiger charge is 2.46. The lowest BCUT2D eigenvalue weighted by Crippen LogP contribution is -2.43. The fourth-order valence-corrected chi connectivity index (χ4v) is 2.98. The Hall–Kier alpha value is -0.0800. The van der Waals surface area contributed by atoms with Crippen molar-refractivity contribution in [3.05, 3.63) is 0 Å². The van der Waals surface area contributed by atoms with Crippen LogP contribution >= 0.6 is 0 Å². The lowest BCUT2D eigenvalue weighted by Gasteiger charge is -2.38. The third-order valence-electron chi connectivity index (χ3n) is 3.59. The van der Waals surface area contributed by atoms with E-state index < -0.39 is 0 Å². The summed E-state index contributed by atoms with van der Waals surface area (Å²) >= 11 is 0. The molecule has 1 saturated heterocycles. The topological polar surface area (TPSA) is 35.2 Å². The third-order valence-corrected chi connectivity index (χ3v) is 3.59. The van der Waals surface area contributed by atoms with Crippen LogP contribution in [-0.2, 0) is 4.74 Å². The first-order valence-electron chi connectivity index (χ1n) is 5.41. The summed E-state index contributed by atoms with van der Waals surface area (Å²) in [6.07, 6.45) is 5.83. The minimum absolute atomic E-state index is 0.154. The maximum absolute atomic E-state index is 6.00. The maximum atomic E-state index is 6.00. The van der Waals surface area contributed by atoms with Crippen LogP contribution in [0.4, 0.5) is 0 Å². The van der Waals surface area contributed by atoms with E-state index in [9.17, 15) is 0 Å². The first kappa shape index (κ1) is 9.47. The SMILES string of the molecule is CC1(C)CCC2(CC(N)CCO2)C1. The second-order valence-corrected chi connectivity index (χ2v) is 5.63. The highest BCUT2D eigenvalue weighted by atomic mass is 16.5. The number of ether oxygens (including phenoxy) is 1. The average Bonchev–Trinajstić information content (AvgIpc) is 2.26. The first-order chi connectivity index (χ1) is 6.02. The number of nitrogens with two attached hydrogens (primary N) is 1. The summed E-state index contributed by atoms with van der Waals surface area (Å²) < 4.78 is 5.95. The van der Waals surface area contributed by atoms with Gasteiger partial charge >= 0.3 is 0 Å². The molecule has 0 aromatic rings. The second-order valence-electron chi connectivity index (χ2n) is 5.63. The van der Waals surface area contributed by atoms with Crippen molar-refractivity contribution in [3.8, 4) is 0 Å². The van der Waals surface area contributed by atoms with Gasteiger partial charge in [-0.25, -0.2) is 0 Å². The monoisotopic (exact) mass is 183 g/mol. The summed E-state index contributed by atoms with van der Waals surface area (Å²) in [6.45, 7) is 5.55. The molecule has 0 bridgehead atoms. The molecule has 2 aliphatic rings. The molecule has 1 aliphatic heterocycles. The lowest BCUT2D eigenvalue weighted by atomic mass is 9.84. The molecule has 1 heterocycles. The van der Waals surface area contributed by atoms with Gasteiger partial charge in [-0.3, -0.25) is 0 Å². The van der Waals surface area contributed by atoms with E-state index in [1.165, 1.54) is 19.3 Å². The van der Waals surface area contributed by atoms with Crippen molar-refractivity contribution < 1.29 is 4.74 Å². The van der Waals surface area contributed by atoms with Crippen LogP contribution in [0.1, 0.15) is 46.0 Å². The van der Waals surface area contributed by atoms with Crippen molar-refractivity contribution in [1.82, 2.24) is 0 Å². The number of hydrogen-bond acceptors (Lipinski definition) is 2. The van der Waals surface area contributed by atoms with Crippen LogP contribution in [0.25, 0.3) is 0 Å². The molecule has 2 rings (SSSR count). The van der Waals surface area contributed by atoms with Gasteiger partial charge in [-0.2, -0.15) is 0 Å². The molecule has 1 spiro atoms. The van der Waals surface area contributed by atoms with Crippen LogP contribution in [0.15, 0.2) is 0 Å². The largest absolute Gasteiger partial charge is 0.375 e.